The molecule has 3 rings (SSSR count). The number of thioether (sulfide) groups is 1. The van der Waals surface area contributed by atoms with Crippen LogP contribution in [-0.2, 0) is 4.79 Å². The highest BCUT2D eigenvalue weighted by molar-refractivity contribution is 7.99. The Morgan fingerprint density at radius 3 is 2.96 bits per heavy atom. The minimum atomic E-state index is -0.0860. The van der Waals surface area contributed by atoms with Gasteiger partial charge in [0.1, 0.15) is 10.6 Å². The monoisotopic (exact) mass is 344 g/mol. The lowest BCUT2D eigenvalue weighted by Gasteiger charge is -2.09. The smallest absolute Gasteiger partial charge is 0.234 e. The van der Waals surface area contributed by atoms with Crippen LogP contribution in [0.15, 0.2) is 34.8 Å². The Morgan fingerprint density at radius 1 is 1.30 bits per heavy atom. The quantitative estimate of drug-likeness (QED) is 0.558. The molecule has 0 aliphatic carbocycles. The summed E-state index contributed by atoms with van der Waals surface area (Å²) in [6, 6.07) is 7.88. The molecule has 1 aromatic carbocycles. The van der Waals surface area contributed by atoms with Gasteiger partial charge >= 0.3 is 0 Å². The highest BCUT2D eigenvalue weighted by Gasteiger charge is 2.10. The third-order valence-electron chi connectivity index (χ3n) is 3.33. The lowest BCUT2D eigenvalue weighted by atomic mass is 10.1. The fourth-order valence-electron chi connectivity index (χ4n) is 2.11. The predicted molar refractivity (Wildman–Crippen MR) is 97.1 cm³/mol. The van der Waals surface area contributed by atoms with Gasteiger partial charge in [-0.2, -0.15) is 0 Å². The SMILES string of the molecule is Cc1ccc(C)c(NC(=O)CSc2nc(N)c3ccsc3n2)c1. The van der Waals surface area contributed by atoms with E-state index < -0.39 is 0 Å². The first-order valence-corrected chi connectivity index (χ1v) is 8.90. The summed E-state index contributed by atoms with van der Waals surface area (Å²) in [4.78, 5) is 21.6. The molecule has 0 aliphatic rings. The molecule has 0 radical (unpaired) electrons. The van der Waals surface area contributed by atoms with Gasteiger partial charge < -0.3 is 11.1 Å². The number of carbonyl (C=O) groups excluding carboxylic acids is 1. The number of anilines is 2. The lowest BCUT2D eigenvalue weighted by Crippen LogP contribution is -2.15. The summed E-state index contributed by atoms with van der Waals surface area (Å²) in [7, 11) is 0. The van der Waals surface area contributed by atoms with Gasteiger partial charge in [-0.1, -0.05) is 23.9 Å². The number of carbonyl (C=O) groups is 1. The van der Waals surface area contributed by atoms with Crippen LogP contribution in [0.3, 0.4) is 0 Å². The van der Waals surface area contributed by atoms with Gasteiger partial charge in [-0.3, -0.25) is 4.79 Å². The summed E-state index contributed by atoms with van der Waals surface area (Å²) in [5, 5.41) is 6.23. The van der Waals surface area contributed by atoms with Gasteiger partial charge in [0.05, 0.1) is 11.1 Å². The standard InChI is InChI=1S/C16H16N4OS2/c1-9-3-4-10(2)12(7-9)18-13(21)8-23-16-19-14(17)11-5-6-22-15(11)20-16/h3-7H,8H2,1-2H3,(H,18,21)(H2,17,19,20). The van der Waals surface area contributed by atoms with Crippen molar-refractivity contribution in [3.8, 4) is 0 Å². The Hall–Kier alpha value is -2.12. The van der Waals surface area contributed by atoms with E-state index in [2.05, 4.69) is 15.3 Å². The number of hydrogen-bond donors (Lipinski definition) is 2. The van der Waals surface area contributed by atoms with E-state index in [4.69, 9.17) is 5.73 Å². The molecule has 2 aromatic heterocycles. The molecule has 0 bridgehead atoms. The van der Waals surface area contributed by atoms with Crippen LogP contribution in [0.4, 0.5) is 11.5 Å². The van der Waals surface area contributed by atoms with Crippen LogP contribution in [0.25, 0.3) is 10.2 Å². The summed E-state index contributed by atoms with van der Waals surface area (Å²) >= 11 is 2.79. The van der Waals surface area contributed by atoms with Crippen molar-refractivity contribution in [3.63, 3.8) is 0 Å². The van der Waals surface area contributed by atoms with Crippen molar-refractivity contribution in [2.75, 3.05) is 16.8 Å². The molecule has 0 saturated carbocycles. The van der Waals surface area contributed by atoms with Crippen molar-refractivity contribution in [2.24, 2.45) is 0 Å². The number of nitrogen functional groups attached to an aromatic ring is 1. The van der Waals surface area contributed by atoms with Gasteiger partial charge in [-0.15, -0.1) is 11.3 Å². The van der Waals surface area contributed by atoms with Crippen molar-refractivity contribution < 1.29 is 4.79 Å². The third-order valence-corrected chi connectivity index (χ3v) is 4.99. The molecule has 3 N–H and O–H groups in total. The minimum absolute atomic E-state index is 0.0860. The largest absolute Gasteiger partial charge is 0.383 e. The van der Waals surface area contributed by atoms with E-state index in [0.29, 0.717) is 11.0 Å². The number of aryl methyl sites for hydroxylation is 2. The molecule has 0 aliphatic heterocycles. The number of nitrogens with one attached hydrogen (secondary N) is 1. The fourth-order valence-corrected chi connectivity index (χ4v) is 3.59. The summed E-state index contributed by atoms with van der Waals surface area (Å²) < 4.78 is 0. The summed E-state index contributed by atoms with van der Waals surface area (Å²) in [5.41, 5.74) is 8.89. The van der Waals surface area contributed by atoms with Crippen LogP contribution < -0.4 is 11.1 Å². The molecule has 23 heavy (non-hydrogen) atoms. The van der Waals surface area contributed by atoms with E-state index in [9.17, 15) is 4.79 Å². The maximum atomic E-state index is 12.1. The van der Waals surface area contributed by atoms with E-state index in [0.717, 1.165) is 27.0 Å². The van der Waals surface area contributed by atoms with Crippen molar-refractivity contribution >= 4 is 50.7 Å². The number of nitrogens with two attached hydrogens (primary N) is 1. The van der Waals surface area contributed by atoms with Crippen LogP contribution in [0.5, 0.6) is 0 Å². The molecule has 0 fully saturated rings. The second-order valence-corrected chi connectivity index (χ2v) is 7.02. The van der Waals surface area contributed by atoms with Gasteiger partial charge in [0.15, 0.2) is 5.16 Å². The van der Waals surface area contributed by atoms with Crippen molar-refractivity contribution in [3.05, 3.63) is 40.8 Å². The third kappa shape index (κ3) is 3.62. The molecule has 0 spiro atoms. The zero-order chi connectivity index (χ0) is 16.4. The maximum absolute atomic E-state index is 12.1. The van der Waals surface area contributed by atoms with Crippen molar-refractivity contribution in [1.29, 1.82) is 0 Å². The van der Waals surface area contributed by atoms with Crippen LogP contribution in [0, 0.1) is 13.8 Å². The van der Waals surface area contributed by atoms with E-state index in [1.165, 1.54) is 23.1 Å². The Bertz CT molecular complexity index is 876. The fraction of sp³-hybridized carbons (Fsp3) is 0.188. The van der Waals surface area contributed by atoms with Gasteiger partial charge in [-0.05, 0) is 42.5 Å². The average molecular weight is 344 g/mol. The van der Waals surface area contributed by atoms with Crippen molar-refractivity contribution in [2.45, 2.75) is 19.0 Å². The zero-order valence-electron chi connectivity index (χ0n) is 12.8. The molecule has 0 atom stereocenters. The number of rotatable bonds is 4. The number of aromatic nitrogens is 2. The number of amides is 1. The molecule has 7 heteroatoms. The van der Waals surface area contributed by atoms with Crippen LogP contribution in [-0.4, -0.2) is 21.6 Å². The van der Waals surface area contributed by atoms with Gasteiger partial charge in [0.25, 0.3) is 0 Å². The topological polar surface area (TPSA) is 80.9 Å². The molecule has 2 heterocycles. The lowest BCUT2D eigenvalue weighted by molar-refractivity contribution is -0.113. The van der Waals surface area contributed by atoms with E-state index in [1.54, 1.807) is 0 Å². The molecule has 0 saturated heterocycles. The van der Waals surface area contributed by atoms with Crippen LogP contribution in [0.1, 0.15) is 11.1 Å². The van der Waals surface area contributed by atoms with Crippen LogP contribution >= 0.6 is 23.1 Å². The van der Waals surface area contributed by atoms with Gasteiger partial charge in [-0.25, -0.2) is 9.97 Å². The Labute approximate surface area is 142 Å². The Balaban J connectivity index is 1.67. The summed E-state index contributed by atoms with van der Waals surface area (Å²) in [6.07, 6.45) is 0. The molecule has 3 aromatic rings. The highest BCUT2D eigenvalue weighted by atomic mass is 32.2. The highest BCUT2D eigenvalue weighted by Crippen LogP contribution is 2.26. The number of benzene rings is 1. The summed E-state index contributed by atoms with van der Waals surface area (Å²) in [5.74, 6) is 0.606. The van der Waals surface area contributed by atoms with Gasteiger partial charge in [0.2, 0.25) is 5.91 Å². The van der Waals surface area contributed by atoms with E-state index >= 15 is 0 Å². The second kappa shape index (κ2) is 6.55. The molecule has 118 valence electrons. The normalized spacial score (nSPS) is 10.9. The van der Waals surface area contributed by atoms with E-state index in [-0.39, 0.29) is 11.7 Å². The predicted octanol–water partition coefficient (Wildman–Crippen LogP) is 3.62. The summed E-state index contributed by atoms with van der Waals surface area (Å²) in [6.45, 7) is 3.97. The minimum Gasteiger partial charge on any atom is -0.383 e. The average Bonchev–Trinajstić information content (AvgIpc) is 2.98. The zero-order valence-corrected chi connectivity index (χ0v) is 14.4. The maximum Gasteiger partial charge on any atom is 0.234 e. The van der Waals surface area contributed by atoms with Gasteiger partial charge in [0, 0.05) is 5.69 Å². The van der Waals surface area contributed by atoms with Crippen molar-refractivity contribution in [1.82, 2.24) is 9.97 Å². The number of thiophene rings is 1. The first kappa shape index (κ1) is 15.8. The molecular weight excluding hydrogens is 328 g/mol. The second-order valence-electron chi connectivity index (χ2n) is 5.19. The first-order valence-electron chi connectivity index (χ1n) is 7.03. The first-order chi connectivity index (χ1) is 11.0. The molecular formula is C16H16N4OS2. The Kier molecular flexibility index (Phi) is 4.49. The van der Waals surface area contributed by atoms with E-state index in [1.807, 2.05) is 43.5 Å². The Morgan fingerprint density at radius 2 is 2.13 bits per heavy atom. The molecule has 1 amide bonds. The number of hydrogen-bond acceptors (Lipinski definition) is 6. The number of nitrogens with zero attached hydrogens (tertiary/aromatic N) is 2. The van der Waals surface area contributed by atoms with Crippen LogP contribution in [0.2, 0.25) is 0 Å². The molecule has 0 unspecified atom stereocenters. The number of fused-ring (bicyclic) bond motifs is 1. The molecule has 5 nitrogen and oxygen atoms in total.